The van der Waals surface area contributed by atoms with Gasteiger partial charge in [-0.2, -0.15) is 5.10 Å². The fourth-order valence-electron chi connectivity index (χ4n) is 1.84. The summed E-state index contributed by atoms with van der Waals surface area (Å²) in [5, 5.41) is 13.6. The molecule has 0 N–H and O–H groups in total. The highest BCUT2D eigenvalue weighted by Gasteiger charge is 2.21. The molecule has 2 aromatic rings. The Hall–Kier alpha value is -1.76. The standard InChI is InChI=1S/C12H17N5OS/c1-7(2)17-8(3)10(6-13-17)11(18)16(5)12-15-14-9(4)19-12/h6-7H,1-5H3. The van der Waals surface area contributed by atoms with Gasteiger partial charge in [-0.25, -0.2) is 0 Å². The lowest BCUT2D eigenvalue weighted by molar-refractivity contribution is 0.0992. The Labute approximate surface area is 116 Å². The summed E-state index contributed by atoms with van der Waals surface area (Å²) in [6.07, 6.45) is 1.61. The van der Waals surface area contributed by atoms with E-state index >= 15 is 0 Å². The molecule has 0 atom stereocenters. The molecule has 2 aromatic heterocycles. The van der Waals surface area contributed by atoms with Crippen LogP contribution < -0.4 is 4.90 Å². The third kappa shape index (κ3) is 2.51. The molecule has 0 unspecified atom stereocenters. The minimum absolute atomic E-state index is 0.111. The number of carbonyl (C=O) groups excluding carboxylic acids is 1. The van der Waals surface area contributed by atoms with Crippen LogP contribution in [-0.2, 0) is 0 Å². The topological polar surface area (TPSA) is 63.9 Å². The van der Waals surface area contributed by atoms with Crippen molar-refractivity contribution in [3.05, 3.63) is 22.5 Å². The number of amides is 1. The highest BCUT2D eigenvalue weighted by Crippen LogP contribution is 2.21. The summed E-state index contributed by atoms with van der Waals surface area (Å²) in [7, 11) is 1.70. The largest absolute Gasteiger partial charge is 0.286 e. The number of hydrogen-bond donors (Lipinski definition) is 0. The number of nitrogens with zero attached hydrogens (tertiary/aromatic N) is 5. The number of carbonyl (C=O) groups is 1. The third-order valence-corrected chi connectivity index (χ3v) is 3.79. The second kappa shape index (κ2) is 5.08. The zero-order chi connectivity index (χ0) is 14.2. The molecule has 0 spiro atoms. The van der Waals surface area contributed by atoms with Crippen molar-refractivity contribution in [2.45, 2.75) is 33.7 Å². The van der Waals surface area contributed by atoms with E-state index in [-0.39, 0.29) is 11.9 Å². The lowest BCUT2D eigenvalue weighted by Gasteiger charge is -2.13. The van der Waals surface area contributed by atoms with Crippen LogP contribution in [0.4, 0.5) is 5.13 Å². The molecule has 7 heteroatoms. The zero-order valence-corrected chi connectivity index (χ0v) is 12.5. The van der Waals surface area contributed by atoms with E-state index in [2.05, 4.69) is 15.3 Å². The molecule has 0 saturated heterocycles. The van der Waals surface area contributed by atoms with E-state index in [0.29, 0.717) is 10.7 Å². The highest BCUT2D eigenvalue weighted by molar-refractivity contribution is 7.15. The van der Waals surface area contributed by atoms with E-state index in [4.69, 9.17) is 0 Å². The number of anilines is 1. The molecular weight excluding hydrogens is 262 g/mol. The fraction of sp³-hybridized carbons (Fsp3) is 0.500. The molecule has 0 fully saturated rings. The van der Waals surface area contributed by atoms with Gasteiger partial charge < -0.3 is 0 Å². The van der Waals surface area contributed by atoms with Crippen LogP contribution in [-0.4, -0.2) is 32.9 Å². The summed E-state index contributed by atoms with van der Waals surface area (Å²) < 4.78 is 1.84. The summed E-state index contributed by atoms with van der Waals surface area (Å²) in [5.74, 6) is -0.111. The number of aryl methyl sites for hydroxylation is 1. The molecule has 2 rings (SSSR count). The Bertz CT molecular complexity index is 601. The zero-order valence-electron chi connectivity index (χ0n) is 11.7. The molecule has 0 saturated carbocycles. The fourth-order valence-corrected chi connectivity index (χ4v) is 2.49. The lowest BCUT2D eigenvalue weighted by Crippen LogP contribution is -2.26. The first-order valence-corrected chi connectivity index (χ1v) is 6.85. The molecular formula is C12H17N5OS. The first-order valence-electron chi connectivity index (χ1n) is 6.04. The van der Waals surface area contributed by atoms with Gasteiger partial charge >= 0.3 is 0 Å². The van der Waals surface area contributed by atoms with Crippen molar-refractivity contribution in [1.82, 2.24) is 20.0 Å². The van der Waals surface area contributed by atoms with Crippen molar-refractivity contribution < 1.29 is 4.79 Å². The molecule has 0 aliphatic carbocycles. The maximum absolute atomic E-state index is 12.4. The van der Waals surface area contributed by atoms with Crippen LogP contribution in [0.2, 0.25) is 0 Å². The van der Waals surface area contributed by atoms with E-state index in [1.165, 1.54) is 16.2 Å². The second-order valence-corrected chi connectivity index (χ2v) is 5.81. The molecule has 0 bridgehead atoms. The molecule has 6 nitrogen and oxygen atoms in total. The molecule has 0 radical (unpaired) electrons. The van der Waals surface area contributed by atoms with Gasteiger partial charge in [0.05, 0.1) is 11.8 Å². The second-order valence-electron chi connectivity index (χ2n) is 4.65. The van der Waals surface area contributed by atoms with Gasteiger partial charge in [0.1, 0.15) is 5.01 Å². The number of rotatable bonds is 3. The SMILES string of the molecule is Cc1nnc(N(C)C(=O)c2cnn(C(C)C)c2C)s1. The average Bonchev–Trinajstić information content (AvgIpc) is 2.93. The average molecular weight is 279 g/mol. The van der Waals surface area contributed by atoms with Crippen LogP contribution in [0.3, 0.4) is 0 Å². The monoisotopic (exact) mass is 279 g/mol. The van der Waals surface area contributed by atoms with E-state index in [1.54, 1.807) is 13.2 Å². The predicted molar refractivity (Wildman–Crippen MR) is 74.7 cm³/mol. The summed E-state index contributed by atoms with van der Waals surface area (Å²) in [6.45, 7) is 7.83. The Morgan fingerprint density at radius 2 is 2.05 bits per heavy atom. The van der Waals surface area contributed by atoms with Crippen molar-refractivity contribution in [3.8, 4) is 0 Å². The van der Waals surface area contributed by atoms with Gasteiger partial charge in [0.2, 0.25) is 5.13 Å². The first kappa shape index (κ1) is 13.7. The van der Waals surface area contributed by atoms with Gasteiger partial charge in [-0.1, -0.05) is 11.3 Å². The minimum atomic E-state index is -0.111. The van der Waals surface area contributed by atoms with Gasteiger partial charge in [0.15, 0.2) is 0 Å². The summed E-state index contributed by atoms with van der Waals surface area (Å²) in [6, 6.07) is 0.232. The molecule has 0 aromatic carbocycles. The number of hydrogen-bond acceptors (Lipinski definition) is 5. The van der Waals surface area contributed by atoms with E-state index < -0.39 is 0 Å². The minimum Gasteiger partial charge on any atom is -0.286 e. The van der Waals surface area contributed by atoms with Crippen molar-refractivity contribution in [1.29, 1.82) is 0 Å². The normalized spacial score (nSPS) is 11.1. The van der Waals surface area contributed by atoms with Crippen LogP contribution in [0.25, 0.3) is 0 Å². The van der Waals surface area contributed by atoms with E-state index in [0.717, 1.165) is 10.7 Å². The molecule has 102 valence electrons. The van der Waals surface area contributed by atoms with Crippen LogP contribution >= 0.6 is 11.3 Å². The van der Waals surface area contributed by atoms with E-state index in [9.17, 15) is 4.79 Å². The van der Waals surface area contributed by atoms with Crippen molar-refractivity contribution in [3.63, 3.8) is 0 Å². The maximum atomic E-state index is 12.4. The lowest BCUT2D eigenvalue weighted by atomic mass is 10.2. The maximum Gasteiger partial charge on any atom is 0.263 e. The van der Waals surface area contributed by atoms with Crippen LogP contribution in [0.5, 0.6) is 0 Å². The number of aromatic nitrogens is 4. The van der Waals surface area contributed by atoms with Gasteiger partial charge in [-0.05, 0) is 27.7 Å². The summed E-state index contributed by atoms with van der Waals surface area (Å²) in [5.41, 5.74) is 1.47. The summed E-state index contributed by atoms with van der Waals surface area (Å²) in [4.78, 5) is 13.9. The molecule has 0 aliphatic heterocycles. The quantitative estimate of drug-likeness (QED) is 0.864. The van der Waals surface area contributed by atoms with Gasteiger partial charge in [-0.3, -0.25) is 14.4 Å². The predicted octanol–water partition coefficient (Wildman–Crippen LogP) is 2.21. The third-order valence-electron chi connectivity index (χ3n) is 2.87. The first-order chi connectivity index (χ1) is 8.91. The van der Waals surface area contributed by atoms with Crippen molar-refractivity contribution in [2.75, 3.05) is 11.9 Å². The van der Waals surface area contributed by atoms with Gasteiger partial charge in [-0.15, -0.1) is 10.2 Å². The Morgan fingerprint density at radius 1 is 1.37 bits per heavy atom. The summed E-state index contributed by atoms with van der Waals surface area (Å²) >= 11 is 1.39. The van der Waals surface area contributed by atoms with Gasteiger partial charge in [0, 0.05) is 18.8 Å². The van der Waals surface area contributed by atoms with Crippen LogP contribution in [0.1, 0.15) is 40.9 Å². The molecule has 0 aliphatic rings. The van der Waals surface area contributed by atoms with Gasteiger partial charge in [0.25, 0.3) is 5.91 Å². The van der Waals surface area contributed by atoms with Crippen LogP contribution in [0.15, 0.2) is 6.20 Å². The smallest absolute Gasteiger partial charge is 0.263 e. The highest BCUT2D eigenvalue weighted by atomic mass is 32.1. The molecule has 19 heavy (non-hydrogen) atoms. The van der Waals surface area contributed by atoms with Crippen molar-refractivity contribution >= 4 is 22.4 Å². The molecule has 2 heterocycles. The Kier molecular flexibility index (Phi) is 3.66. The Morgan fingerprint density at radius 3 is 2.53 bits per heavy atom. The van der Waals surface area contributed by atoms with Crippen molar-refractivity contribution in [2.24, 2.45) is 0 Å². The van der Waals surface area contributed by atoms with E-state index in [1.807, 2.05) is 32.4 Å². The Balaban J connectivity index is 2.29. The van der Waals surface area contributed by atoms with Crippen LogP contribution in [0, 0.1) is 13.8 Å². The molecule has 1 amide bonds.